The van der Waals surface area contributed by atoms with Gasteiger partial charge in [0, 0.05) is 18.7 Å². The average Bonchev–Trinajstić information content (AvgIpc) is 3.07. The predicted molar refractivity (Wildman–Crippen MR) is 91.4 cm³/mol. The first-order chi connectivity index (χ1) is 12.1. The molecule has 1 heterocycles. The Kier molecular flexibility index (Phi) is 5.31. The van der Waals surface area contributed by atoms with Crippen molar-refractivity contribution in [3.63, 3.8) is 0 Å². The summed E-state index contributed by atoms with van der Waals surface area (Å²) in [5.41, 5.74) is 1.05. The Morgan fingerprint density at radius 3 is 2.48 bits per heavy atom. The average molecular weight is 345 g/mol. The lowest BCUT2D eigenvalue weighted by Gasteiger charge is -2.17. The second kappa shape index (κ2) is 7.64. The van der Waals surface area contributed by atoms with Crippen LogP contribution in [0.1, 0.15) is 17.5 Å². The Morgan fingerprint density at radius 1 is 1.16 bits per heavy atom. The number of hydrogen-bond donors (Lipinski definition) is 0. The number of halogens is 2. The third-order valence-corrected chi connectivity index (χ3v) is 4.71. The van der Waals surface area contributed by atoms with Crippen LogP contribution in [-0.4, -0.2) is 31.0 Å². The number of ether oxygens (including phenoxy) is 1. The first-order valence-corrected chi connectivity index (χ1v) is 8.40. The zero-order chi connectivity index (χ0) is 17.8. The quantitative estimate of drug-likeness (QED) is 0.829. The van der Waals surface area contributed by atoms with E-state index < -0.39 is 11.6 Å². The Balaban J connectivity index is 1.57. The van der Waals surface area contributed by atoms with E-state index in [9.17, 15) is 13.6 Å². The highest BCUT2D eigenvalue weighted by Crippen LogP contribution is 2.23. The molecule has 0 radical (unpaired) electrons. The van der Waals surface area contributed by atoms with Gasteiger partial charge in [0.25, 0.3) is 0 Å². The first-order valence-electron chi connectivity index (χ1n) is 8.40. The lowest BCUT2D eigenvalue weighted by molar-refractivity contribution is -0.129. The molecule has 1 unspecified atom stereocenters. The number of nitrogens with zero attached hydrogens (tertiary/aromatic N) is 1. The summed E-state index contributed by atoms with van der Waals surface area (Å²) in [5.74, 6) is -0.368. The molecule has 3 rings (SSSR count). The fourth-order valence-corrected chi connectivity index (χ4v) is 3.28. The topological polar surface area (TPSA) is 29.5 Å². The smallest absolute Gasteiger partial charge is 0.227 e. The third-order valence-electron chi connectivity index (χ3n) is 4.71. The maximum atomic E-state index is 13.7. The van der Waals surface area contributed by atoms with Crippen LogP contribution in [0.5, 0.6) is 5.75 Å². The van der Waals surface area contributed by atoms with Crippen molar-refractivity contribution >= 4 is 5.91 Å². The molecule has 1 aliphatic rings. The molecule has 0 aromatic heterocycles. The molecule has 1 amide bonds. The summed E-state index contributed by atoms with van der Waals surface area (Å²) in [6.07, 6.45) is 1.55. The number of rotatable bonds is 5. The van der Waals surface area contributed by atoms with E-state index in [2.05, 4.69) is 0 Å². The van der Waals surface area contributed by atoms with Crippen molar-refractivity contribution in [3.05, 3.63) is 65.2 Å². The normalized spacial score (nSPS) is 16.9. The molecular weight excluding hydrogens is 324 g/mol. The van der Waals surface area contributed by atoms with E-state index in [1.807, 2.05) is 24.3 Å². The van der Waals surface area contributed by atoms with Crippen molar-refractivity contribution in [3.8, 4) is 5.75 Å². The summed E-state index contributed by atoms with van der Waals surface area (Å²) in [4.78, 5) is 14.1. The van der Waals surface area contributed by atoms with Gasteiger partial charge in [-0.05, 0) is 48.6 Å². The van der Waals surface area contributed by atoms with Crippen LogP contribution >= 0.6 is 0 Å². The summed E-state index contributed by atoms with van der Waals surface area (Å²) in [6.45, 7) is 1.26. The molecule has 0 bridgehead atoms. The van der Waals surface area contributed by atoms with Gasteiger partial charge in [-0.1, -0.05) is 18.2 Å². The van der Waals surface area contributed by atoms with Gasteiger partial charge < -0.3 is 9.64 Å². The van der Waals surface area contributed by atoms with Gasteiger partial charge >= 0.3 is 0 Å². The minimum absolute atomic E-state index is 0.147. The highest BCUT2D eigenvalue weighted by molar-refractivity contribution is 5.79. The number of hydrogen-bond acceptors (Lipinski definition) is 2. The molecule has 132 valence electrons. The fourth-order valence-electron chi connectivity index (χ4n) is 3.28. The first kappa shape index (κ1) is 17.4. The summed E-state index contributed by atoms with van der Waals surface area (Å²) in [5, 5.41) is 0. The second-order valence-corrected chi connectivity index (χ2v) is 6.42. The Morgan fingerprint density at radius 2 is 1.84 bits per heavy atom. The van der Waals surface area contributed by atoms with Crippen LogP contribution in [0.4, 0.5) is 8.78 Å². The van der Waals surface area contributed by atoms with Gasteiger partial charge in [-0.15, -0.1) is 0 Å². The highest BCUT2D eigenvalue weighted by atomic mass is 19.1. The van der Waals surface area contributed by atoms with Gasteiger partial charge in [0.2, 0.25) is 5.91 Å². The van der Waals surface area contributed by atoms with Gasteiger partial charge in [0.1, 0.15) is 17.4 Å². The second-order valence-electron chi connectivity index (χ2n) is 6.42. The van der Waals surface area contributed by atoms with E-state index in [4.69, 9.17) is 4.74 Å². The van der Waals surface area contributed by atoms with Crippen molar-refractivity contribution in [2.45, 2.75) is 19.3 Å². The zero-order valence-corrected chi connectivity index (χ0v) is 14.2. The Hall–Kier alpha value is -2.43. The van der Waals surface area contributed by atoms with Crippen LogP contribution in [0.3, 0.4) is 0 Å². The number of carbonyl (C=O) groups excluding carboxylic acids is 1. The van der Waals surface area contributed by atoms with Crippen LogP contribution < -0.4 is 4.74 Å². The molecule has 0 N–H and O–H groups in total. The maximum Gasteiger partial charge on any atom is 0.227 e. The number of carbonyl (C=O) groups is 1. The molecule has 3 nitrogen and oxygen atoms in total. The molecule has 1 fully saturated rings. The molecule has 5 heteroatoms. The standard InChI is InChI=1S/C20H21F2NO2/c1-25-16-7-5-14(6-8-16)11-15-9-10-23(13-15)20(24)12-17-18(21)3-2-4-19(17)22/h2-8,15H,9-13H2,1H3. The molecule has 0 saturated carbocycles. The number of likely N-dealkylation sites (tertiary alicyclic amines) is 1. The van der Waals surface area contributed by atoms with Gasteiger partial charge in [-0.3, -0.25) is 4.79 Å². The van der Waals surface area contributed by atoms with E-state index >= 15 is 0 Å². The van der Waals surface area contributed by atoms with Gasteiger partial charge in [-0.2, -0.15) is 0 Å². The molecule has 1 saturated heterocycles. The van der Waals surface area contributed by atoms with E-state index in [0.717, 1.165) is 18.6 Å². The summed E-state index contributed by atoms with van der Waals surface area (Å²) in [6, 6.07) is 11.6. The lowest BCUT2D eigenvalue weighted by Crippen LogP contribution is -2.30. The SMILES string of the molecule is COc1ccc(CC2CCN(C(=O)Cc3c(F)cccc3F)C2)cc1. The third kappa shape index (κ3) is 4.16. The molecule has 0 spiro atoms. The fraction of sp³-hybridized carbons (Fsp3) is 0.350. The molecule has 0 aliphatic carbocycles. The van der Waals surface area contributed by atoms with Gasteiger partial charge in [-0.25, -0.2) is 8.78 Å². The molecule has 25 heavy (non-hydrogen) atoms. The number of methoxy groups -OCH3 is 1. The monoisotopic (exact) mass is 345 g/mol. The molecule has 2 aromatic rings. The van der Waals surface area contributed by atoms with Crippen LogP contribution in [0.25, 0.3) is 0 Å². The Bertz CT molecular complexity index is 726. The maximum absolute atomic E-state index is 13.7. The lowest BCUT2D eigenvalue weighted by atomic mass is 9.99. The molecule has 1 atom stereocenters. The molecule has 1 aliphatic heterocycles. The van der Waals surface area contributed by atoms with E-state index in [1.54, 1.807) is 12.0 Å². The van der Waals surface area contributed by atoms with Crippen molar-refractivity contribution in [2.75, 3.05) is 20.2 Å². The minimum atomic E-state index is -0.665. The summed E-state index contributed by atoms with van der Waals surface area (Å²) >= 11 is 0. The van der Waals surface area contributed by atoms with Crippen LogP contribution in [0.2, 0.25) is 0 Å². The molecular formula is C20H21F2NO2. The van der Waals surface area contributed by atoms with Crippen LogP contribution in [0, 0.1) is 17.6 Å². The van der Waals surface area contributed by atoms with Crippen molar-refractivity contribution < 1.29 is 18.3 Å². The van der Waals surface area contributed by atoms with Crippen molar-refractivity contribution in [1.82, 2.24) is 4.90 Å². The summed E-state index contributed by atoms with van der Waals surface area (Å²) < 4.78 is 32.6. The van der Waals surface area contributed by atoms with E-state index in [1.165, 1.54) is 23.8 Å². The minimum Gasteiger partial charge on any atom is -0.497 e. The van der Waals surface area contributed by atoms with Crippen LogP contribution in [-0.2, 0) is 17.6 Å². The highest BCUT2D eigenvalue weighted by Gasteiger charge is 2.27. The predicted octanol–water partition coefficient (Wildman–Crippen LogP) is 3.61. The van der Waals surface area contributed by atoms with E-state index in [-0.39, 0.29) is 17.9 Å². The van der Waals surface area contributed by atoms with E-state index in [0.29, 0.717) is 19.0 Å². The zero-order valence-electron chi connectivity index (χ0n) is 14.2. The summed E-state index contributed by atoms with van der Waals surface area (Å²) in [7, 11) is 1.63. The van der Waals surface area contributed by atoms with Gasteiger partial charge in [0.05, 0.1) is 13.5 Å². The van der Waals surface area contributed by atoms with Crippen molar-refractivity contribution in [2.24, 2.45) is 5.92 Å². The number of amides is 1. The number of benzene rings is 2. The molecule has 2 aromatic carbocycles. The van der Waals surface area contributed by atoms with Crippen molar-refractivity contribution in [1.29, 1.82) is 0 Å². The van der Waals surface area contributed by atoms with Crippen LogP contribution in [0.15, 0.2) is 42.5 Å². The largest absolute Gasteiger partial charge is 0.497 e. The van der Waals surface area contributed by atoms with Gasteiger partial charge in [0.15, 0.2) is 0 Å². The Labute approximate surface area is 146 Å².